The van der Waals surface area contributed by atoms with Crippen molar-refractivity contribution in [1.29, 1.82) is 0 Å². The Morgan fingerprint density at radius 2 is 2.15 bits per heavy atom. The number of nitrogens with one attached hydrogen (secondary N) is 2. The SMILES string of the molecule is CNC(=O)c1cc2c(-c3sc(C(C)(C)O)c(F)c3OCC3CCCN3C)cn(C)c(=O)c2[nH]1. The van der Waals surface area contributed by atoms with Gasteiger partial charge in [0.1, 0.15) is 17.8 Å². The van der Waals surface area contributed by atoms with Gasteiger partial charge in [0.25, 0.3) is 11.5 Å². The smallest absolute Gasteiger partial charge is 0.274 e. The normalized spacial score (nSPS) is 17.1. The van der Waals surface area contributed by atoms with Crippen molar-refractivity contribution in [3.05, 3.63) is 39.0 Å². The molecule has 3 aromatic heterocycles. The van der Waals surface area contributed by atoms with Crippen LogP contribution in [0.4, 0.5) is 4.39 Å². The van der Waals surface area contributed by atoms with E-state index in [1.54, 1.807) is 19.3 Å². The number of nitrogens with zero attached hydrogens (tertiary/aromatic N) is 2. The van der Waals surface area contributed by atoms with Crippen LogP contribution in [-0.4, -0.2) is 58.8 Å². The first kappa shape index (κ1) is 23.5. The van der Waals surface area contributed by atoms with Crippen LogP contribution in [-0.2, 0) is 12.6 Å². The Morgan fingerprint density at radius 3 is 2.76 bits per heavy atom. The van der Waals surface area contributed by atoms with Crippen molar-refractivity contribution in [2.45, 2.75) is 38.3 Å². The lowest BCUT2D eigenvalue weighted by Crippen LogP contribution is -2.30. The van der Waals surface area contributed by atoms with E-state index < -0.39 is 11.4 Å². The summed E-state index contributed by atoms with van der Waals surface area (Å²) in [6, 6.07) is 1.76. The zero-order valence-electron chi connectivity index (χ0n) is 19.4. The number of likely N-dealkylation sites (tertiary alicyclic amines) is 1. The molecule has 178 valence electrons. The molecule has 1 atom stereocenters. The number of aliphatic hydroxyl groups is 1. The maximum Gasteiger partial charge on any atom is 0.274 e. The number of amides is 1. The molecule has 10 heteroatoms. The van der Waals surface area contributed by atoms with Crippen LogP contribution < -0.4 is 15.6 Å². The maximum atomic E-state index is 15.6. The molecule has 0 aliphatic carbocycles. The summed E-state index contributed by atoms with van der Waals surface area (Å²) in [4.78, 5) is 30.6. The standard InChI is InChI=1S/C23H29FN4O4S/c1-23(2,31)20-16(24)18(32-11-12-7-6-8-27(12)4)19(33-20)14-10-28(5)22(30)17-13(14)9-15(26-17)21(29)25-3/h9-10,12,26,31H,6-8,11H2,1-5H3,(H,25,29). The Hall–Kier alpha value is -2.69. The molecule has 1 fully saturated rings. The van der Waals surface area contributed by atoms with E-state index in [0.29, 0.717) is 22.4 Å². The van der Waals surface area contributed by atoms with Gasteiger partial charge in [-0.15, -0.1) is 11.3 Å². The van der Waals surface area contributed by atoms with Crippen molar-refractivity contribution in [2.75, 3.05) is 27.2 Å². The second kappa shape index (κ2) is 8.58. The quantitative estimate of drug-likeness (QED) is 0.508. The number of H-pyrrole nitrogens is 1. The molecule has 4 rings (SSSR count). The van der Waals surface area contributed by atoms with Gasteiger partial charge in [0.2, 0.25) is 0 Å². The summed E-state index contributed by atoms with van der Waals surface area (Å²) < 4.78 is 23.0. The zero-order valence-corrected chi connectivity index (χ0v) is 20.2. The number of aromatic amines is 1. The summed E-state index contributed by atoms with van der Waals surface area (Å²) in [6.45, 7) is 4.33. The number of hydrogen-bond acceptors (Lipinski definition) is 6. The Labute approximate surface area is 195 Å². The topological polar surface area (TPSA) is 99.6 Å². The number of fused-ring (bicyclic) bond motifs is 1. The number of carbonyl (C=O) groups excluding carboxylic acids is 1. The van der Waals surface area contributed by atoms with Crippen molar-refractivity contribution in [3.63, 3.8) is 0 Å². The molecule has 0 saturated carbocycles. The van der Waals surface area contributed by atoms with Crippen LogP contribution in [0.25, 0.3) is 21.3 Å². The van der Waals surface area contributed by atoms with Crippen molar-refractivity contribution in [1.82, 2.24) is 19.8 Å². The molecule has 8 nitrogen and oxygen atoms in total. The van der Waals surface area contributed by atoms with Gasteiger partial charge in [-0.05, 0) is 46.3 Å². The van der Waals surface area contributed by atoms with E-state index in [4.69, 9.17) is 4.74 Å². The third-order valence-corrected chi connectivity index (χ3v) is 7.63. The van der Waals surface area contributed by atoms with E-state index in [0.717, 1.165) is 30.7 Å². The minimum absolute atomic E-state index is 0.0556. The highest BCUT2D eigenvalue weighted by Gasteiger charge is 2.32. The van der Waals surface area contributed by atoms with Crippen LogP contribution in [0.1, 0.15) is 42.1 Å². The first-order valence-electron chi connectivity index (χ1n) is 10.9. The van der Waals surface area contributed by atoms with E-state index in [-0.39, 0.29) is 39.3 Å². The van der Waals surface area contributed by atoms with Gasteiger partial charge in [-0.1, -0.05) is 0 Å². The summed E-state index contributed by atoms with van der Waals surface area (Å²) in [6.07, 6.45) is 3.64. The molecule has 1 aliphatic heterocycles. The summed E-state index contributed by atoms with van der Waals surface area (Å²) in [5.41, 5.74) is -0.702. The van der Waals surface area contributed by atoms with E-state index in [1.165, 1.54) is 25.5 Å². The lowest BCUT2D eigenvalue weighted by molar-refractivity contribution is 0.0780. The van der Waals surface area contributed by atoms with E-state index >= 15 is 4.39 Å². The second-order valence-electron chi connectivity index (χ2n) is 9.06. The minimum Gasteiger partial charge on any atom is -0.487 e. The van der Waals surface area contributed by atoms with Crippen LogP contribution >= 0.6 is 11.3 Å². The molecule has 0 bridgehead atoms. The molecule has 0 aromatic carbocycles. The van der Waals surface area contributed by atoms with Gasteiger partial charge in [0, 0.05) is 37.3 Å². The monoisotopic (exact) mass is 476 g/mol. The first-order chi connectivity index (χ1) is 15.5. The van der Waals surface area contributed by atoms with Crippen molar-refractivity contribution in [3.8, 4) is 16.2 Å². The highest BCUT2D eigenvalue weighted by molar-refractivity contribution is 7.16. The zero-order chi connectivity index (χ0) is 24.1. The number of pyridine rings is 1. The molecule has 1 amide bonds. The van der Waals surface area contributed by atoms with Crippen LogP contribution in [0.5, 0.6) is 5.75 Å². The molecular weight excluding hydrogens is 447 g/mol. The van der Waals surface area contributed by atoms with Gasteiger partial charge in [-0.2, -0.15) is 0 Å². The van der Waals surface area contributed by atoms with Crippen LogP contribution in [0, 0.1) is 5.82 Å². The lowest BCUT2D eigenvalue weighted by Gasteiger charge is -2.20. The van der Waals surface area contributed by atoms with Crippen molar-refractivity contribution in [2.24, 2.45) is 7.05 Å². The molecule has 3 aromatic rings. The number of aryl methyl sites for hydroxylation is 1. The highest BCUT2D eigenvalue weighted by Crippen LogP contribution is 2.47. The second-order valence-corrected chi connectivity index (χ2v) is 10.1. The number of hydrogen-bond donors (Lipinski definition) is 3. The van der Waals surface area contributed by atoms with Gasteiger partial charge < -0.3 is 29.6 Å². The van der Waals surface area contributed by atoms with Crippen LogP contribution in [0.15, 0.2) is 17.1 Å². The molecule has 1 aliphatic rings. The van der Waals surface area contributed by atoms with Gasteiger partial charge >= 0.3 is 0 Å². The molecule has 1 unspecified atom stereocenters. The summed E-state index contributed by atoms with van der Waals surface area (Å²) in [7, 11) is 5.12. The number of thiophene rings is 1. The molecule has 0 radical (unpaired) electrons. The molecular formula is C23H29FN4O4S. The van der Waals surface area contributed by atoms with Crippen molar-refractivity contribution >= 4 is 28.1 Å². The van der Waals surface area contributed by atoms with Gasteiger partial charge in [-0.3, -0.25) is 9.59 Å². The fourth-order valence-electron chi connectivity index (χ4n) is 4.24. The van der Waals surface area contributed by atoms with Gasteiger partial charge in [0.05, 0.1) is 15.4 Å². The number of halogens is 1. The van der Waals surface area contributed by atoms with E-state index in [2.05, 4.69) is 15.2 Å². The number of ether oxygens (including phenoxy) is 1. The average molecular weight is 477 g/mol. The Balaban J connectivity index is 1.90. The van der Waals surface area contributed by atoms with Crippen molar-refractivity contribution < 1.29 is 19.0 Å². The molecule has 3 N–H and O–H groups in total. The summed E-state index contributed by atoms with van der Waals surface area (Å²) >= 11 is 1.09. The number of rotatable bonds is 6. The lowest BCUT2D eigenvalue weighted by atomic mass is 10.1. The third kappa shape index (κ3) is 4.18. The number of likely N-dealkylation sites (N-methyl/N-ethyl adjacent to an activating group) is 1. The third-order valence-electron chi connectivity index (χ3n) is 6.14. The average Bonchev–Trinajstić information content (AvgIpc) is 3.46. The Bertz CT molecular complexity index is 1270. The Morgan fingerprint density at radius 1 is 1.42 bits per heavy atom. The predicted molar refractivity (Wildman–Crippen MR) is 127 cm³/mol. The fourth-order valence-corrected chi connectivity index (χ4v) is 5.39. The summed E-state index contributed by atoms with van der Waals surface area (Å²) in [5.74, 6) is -0.915. The van der Waals surface area contributed by atoms with Crippen LogP contribution in [0.3, 0.4) is 0 Å². The largest absolute Gasteiger partial charge is 0.487 e. The molecule has 4 heterocycles. The number of carbonyl (C=O) groups is 1. The minimum atomic E-state index is -1.42. The number of aromatic nitrogens is 2. The molecule has 1 saturated heterocycles. The highest BCUT2D eigenvalue weighted by atomic mass is 32.1. The van der Waals surface area contributed by atoms with Gasteiger partial charge in [-0.25, -0.2) is 4.39 Å². The molecule has 0 spiro atoms. The summed E-state index contributed by atoms with van der Waals surface area (Å²) in [5, 5.41) is 13.6. The molecule has 33 heavy (non-hydrogen) atoms. The van der Waals surface area contributed by atoms with Gasteiger partial charge in [0.15, 0.2) is 11.6 Å². The van der Waals surface area contributed by atoms with Crippen LogP contribution in [0.2, 0.25) is 0 Å². The first-order valence-corrected chi connectivity index (χ1v) is 11.7. The Kier molecular flexibility index (Phi) is 6.10. The predicted octanol–water partition coefficient (Wildman–Crippen LogP) is 2.79. The van der Waals surface area contributed by atoms with E-state index in [1.807, 2.05) is 7.05 Å². The fraction of sp³-hybridized carbons (Fsp3) is 0.478. The maximum absolute atomic E-state index is 15.6. The van der Waals surface area contributed by atoms with E-state index in [9.17, 15) is 14.7 Å².